The van der Waals surface area contributed by atoms with Gasteiger partial charge in [-0.2, -0.15) is 0 Å². The first-order valence-electron chi connectivity index (χ1n) is 5.31. The fourth-order valence-electron chi connectivity index (χ4n) is 1.99. The zero-order chi connectivity index (χ0) is 8.39. The van der Waals surface area contributed by atoms with Crippen molar-refractivity contribution in [2.75, 3.05) is 13.1 Å². The summed E-state index contributed by atoms with van der Waals surface area (Å²) in [5, 5.41) is 7.12. The molecule has 0 aromatic heterocycles. The van der Waals surface area contributed by atoms with E-state index in [-0.39, 0.29) is 0 Å². The van der Waals surface area contributed by atoms with Gasteiger partial charge in [-0.05, 0) is 44.7 Å². The molecule has 70 valence electrons. The maximum absolute atomic E-state index is 3.56. The lowest BCUT2D eigenvalue weighted by Gasteiger charge is -2.09. The molecule has 0 bridgehead atoms. The van der Waals surface area contributed by atoms with E-state index >= 15 is 0 Å². The molecule has 12 heavy (non-hydrogen) atoms. The minimum absolute atomic E-state index is 0.797. The Balaban J connectivity index is 1.54. The minimum atomic E-state index is 0.797. The van der Waals surface area contributed by atoms with E-state index in [2.05, 4.69) is 17.6 Å². The van der Waals surface area contributed by atoms with Crippen molar-refractivity contribution >= 4 is 0 Å². The molecule has 0 radical (unpaired) electrons. The predicted molar refractivity (Wildman–Crippen MR) is 51.2 cm³/mol. The normalized spacial score (nSPS) is 35.8. The molecule has 2 unspecified atom stereocenters. The van der Waals surface area contributed by atoms with Gasteiger partial charge < -0.3 is 10.6 Å². The first-order chi connectivity index (χ1) is 5.84. The Morgan fingerprint density at radius 1 is 1.42 bits per heavy atom. The highest BCUT2D eigenvalue weighted by molar-refractivity contribution is 4.83. The van der Waals surface area contributed by atoms with E-state index in [1.807, 2.05) is 0 Å². The highest BCUT2D eigenvalue weighted by atomic mass is 15.0. The first kappa shape index (κ1) is 8.52. The number of hydrogen-bond donors (Lipinski definition) is 2. The summed E-state index contributed by atoms with van der Waals surface area (Å²) >= 11 is 0. The topological polar surface area (TPSA) is 24.1 Å². The molecule has 1 aliphatic carbocycles. The summed E-state index contributed by atoms with van der Waals surface area (Å²) in [6.07, 6.45) is 5.52. The number of hydrogen-bond acceptors (Lipinski definition) is 2. The van der Waals surface area contributed by atoms with Gasteiger partial charge in [0, 0.05) is 12.1 Å². The molecule has 2 fully saturated rings. The van der Waals surface area contributed by atoms with Crippen LogP contribution in [-0.2, 0) is 0 Å². The van der Waals surface area contributed by atoms with Crippen LogP contribution in [-0.4, -0.2) is 25.2 Å². The lowest BCUT2D eigenvalue weighted by atomic mass is 10.1. The Hall–Kier alpha value is -0.0800. The maximum Gasteiger partial charge on any atom is 0.00822 e. The van der Waals surface area contributed by atoms with Crippen LogP contribution in [0.5, 0.6) is 0 Å². The standard InChI is InChI=1S/C10H20N2/c1-8-6-10(12-7-8)4-5-11-9-2-3-9/h8-12H,2-7H2,1H3. The molecule has 2 atom stereocenters. The fraction of sp³-hybridized carbons (Fsp3) is 1.00. The van der Waals surface area contributed by atoms with E-state index in [0.717, 1.165) is 18.0 Å². The predicted octanol–water partition coefficient (Wildman–Crippen LogP) is 1.13. The van der Waals surface area contributed by atoms with Gasteiger partial charge in [0.2, 0.25) is 0 Å². The molecule has 1 heterocycles. The minimum Gasteiger partial charge on any atom is -0.314 e. The van der Waals surface area contributed by atoms with Gasteiger partial charge in [0.05, 0.1) is 0 Å². The van der Waals surface area contributed by atoms with E-state index in [1.165, 1.54) is 38.8 Å². The van der Waals surface area contributed by atoms with Crippen LogP contribution in [0.2, 0.25) is 0 Å². The van der Waals surface area contributed by atoms with E-state index in [0.29, 0.717) is 0 Å². The van der Waals surface area contributed by atoms with Crippen LogP contribution < -0.4 is 10.6 Å². The van der Waals surface area contributed by atoms with Crippen molar-refractivity contribution in [1.29, 1.82) is 0 Å². The van der Waals surface area contributed by atoms with E-state index in [4.69, 9.17) is 0 Å². The van der Waals surface area contributed by atoms with Crippen LogP contribution in [0.25, 0.3) is 0 Å². The zero-order valence-electron chi connectivity index (χ0n) is 7.97. The van der Waals surface area contributed by atoms with Crippen molar-refractivity contribution in [2.24, 2.45) is 5.92 Å². The Labute approximate surface area is 75.1 Å². The maximum atomic E-state index is 3.56. The molecule has 2 N–H and O–H groups in total. The summed E-state index contributed by atoms with van der Waals surface area (Å²) in [6, 6.07) is 1.68. The summed E-state index contributed by atoms with van der Waals surface area (Å²) in [5.41, 5.74) is 0. The van der Waals surface area contributed by atoms with Gasteiger partial charge in [0.15, 0.2) is 0 Å². The van der Waals surface area contributed by atoms with Crippen molar-refractivity contribution in [2.45, 2.75) is 44.7 Å². The Morgan fingerprint density at radius 2 is 2.25 bits per heavy atom. The smallest absolute Gasteiger partial charge is 0.00822 e. The highest BCUT2D eigenvalue weighted by Crippen LogP contribution is 2.19. The lowest BCUT2D eigenvalue weighted by molar-refractivity contribution is 0.513. The molecule has 1 aliphatic heterocycles. The van der Waals surface area contributed by atoms with Gasteiger partial charge in [-0.15, -0.1) is 0 Å². The van der Waals surface area contributed by atoms with Crippen molar-refractivity contribution in [1.82, 2.24) is 10.6 Å². The van der Waals surface area contributed by atoms with Crippen LogP contribution in [0.4, 0.5) is 0 Å². The third kappa shape index (κ3) is 2.46. The van der Waals surface area contributed by atoms with Gasteiger partial charge in [-0.25, -0.2) is 0 Å². The van der Waals surface area contributed by atoms with E-state index < -0.39 is 0 Å². The molecular weight excluding hydrogens is 148 g/mol. The van der Waals surface area contributed by atoms with E-state index in [1.54, 1.807) is 0 Å². The third-order valence-corrected chi connectivity index (χ3v) is 2.95. The molecule has 1 saturated heterocycles. The van der Waals surface area contributed by atoms with Gasteiger partial charge in [0.1, 0.15) is 0 Å². The van der Waals surface area contributed by atoms with Gasteiger partial charge >= 0.3 is 0 Å². The van der Waals surface area contributed by atoms with Crippen LogP contribution in [0.15, 0.2) is 0 Å². The molecule has 2 nitrogen and oxygen atoms in total. The largest absolute Gasteiger partial charge is 0.314 e. The van der Waals surface area contributed by atoms with Crippen molar-refractivity contribution in [3.8, 4) is 0 Å². The summed E-state index contributed by atoms with van der Waals surface area (Å²) in [5.74, 6) is 0.899. The first-order valence-corrected chi connectivity index (χ1v) is 5.31. The summed E-state index contributed by atoms with van der Waals surface area (Å²) in [6.45, 7) is 4.78. The second-order valence-electron chi connectivity index (χ2n) is 4.46. The highest BCUT2D eigenvalue weighted by Gasteiger charge is 2.22. The van der Waals surface area contributed by atoms with Crippen LogP contribution in [0.1, 0.15) is 32.6 Å². The van der Waals surface area contributed by atoms with Gasteiger partial charge in [0.25, 0.3) is 0 Å². The quantitative estimate of drug-likeness (QED) is 0.657. The van der Waals surface area contributed by atoms with Crippen molar-refractivity contribution in [3.05, 3.63) is 0 Å². The molecule has 2 aliphatic rings. The number of rotatable bonds is 4. The summed E-state index contributed by atoms with van der Waals surface area (Å²) in [4.78, 5) is 0. The molecule has 2 rings (SSSR count). The number of nitrogens with one attached hydrogen (secondary N) is 2. The Kier molecular flexibility index (Phi) is 2.66. The molecule has 0 aromatic carbocycles. The average molecular weight is 168 g/mol. The molecule has 0 aromatic rings. The fourth-order valence-corrected chi connectivity index (χ4v) is 1.99. The van der Waals surface area contributed by atoms with Crippen LogP contribution in [0, 0.1) is 5.92 Å². The Bertz CT molecular complexity index is 143. The van der Waals surface area contributed by atoms with Crippen LogP contribution in [0.3, 0.4) is 0 Å². The molecule has 1 saturated carbocycles. The second-order valence-corrected chi connectivity index (χ2v) is 4.46. The molecule has 0 amide bonds. The summed E-state index contributed by atoms with van der Waals surface area (Å²) in [7, 11) is 0. The molecular formula is C10H20N2. The second kappa shape index (κ2) is 3.75. The van der Waals surface area contributed by atoms with Crippen molar-refractivity contribution in [3.63, 3.8) is 0 Å². The van der Waals surface area contributed by atoms with Gasteiger partial charge in [-0.1, -0.05) is 6.92 Å². The Morgan fingerprint density at radius 3 is 2.83 bits per heavy atom. The van der Waals surface area contributed by atoms with E-state index in [9.17, 15) is 0 Å². The lowest BCUT2D eigenvalue weighted by Crippen LogP contribution is -2.27. The third-order valence-electron chi connectivity index (χ3n) is 2.95. The monoisotopic (exact) mass is 168 g/mol. The summed E-state index contributed by atoms with van der Waals surface area (Å²) < 4.78 is 0. The molecule has 0 spiro atoms. The van der Waals surface area contributed by atoms with Crippen molar-refractivity contribution < 1.29 is 0 Å². The SMILES string of the molecule is CC1CNC(CCNC2CC2)C1. The van der Waals surface area contributed by atoms with Crippen LogP contribution >= 0.6 is 0 Å². The average Bonchev–Trinajstić information content (AvgIpc) is 2.76. The molecule has 2 heteroatoms. The van der Waals surface area contributed by atoms with Gasteiger partial charge in [-0.3, -0.25) is 0 Å². The zero-order valence-corrected chi connectivity index (χ0v) is 7.97.